The molecule has 112 valence electrons. The molecule has 0 amide bonds. The maximum absolute atomic E-state index is 5.45. The topological polar surface area (TPSA) is 34.1 Å². The quantitative estimate of drug-likeness (QED) is 0.933. The minimum atomic E-state index is 0.383. The number of rotatable bonds is 4. The van der Waals surface area contributed by atoms with Crippen LogP contribution >= 0.6 is 0 Å². The summed E-state index contributed by atoms with van der Waals surface area (Å²) < 4.78 is 5.45. The molecule has 3 nitrogen and oxygen atoms in total. The van der Waals surface area contributed by atoms with E-state index < -0.39 is 0 Å². The molecule has 3 heteroatoms. The van der Waals surface area contributed by atoms with Crippen molar-refractivity contribution in [1.82, 2.24) is 10.3 Å². The van der Waals surface area contributed by atoms with E-state index in [-0.39, 0.29) is 0 Å². The second-order valence-corrected chi connectivity index (χ2v) is 6.51. The molecule has 1 aliphatic rings. The van der Waals surface area contributed by atoms with Gasteiger partial charge in [0.05, 0.1) is 5.52 Å². The predicted octanol–water partition coefficient (Wildman–Crippen LogP) is 3.45. The van der Waals surface area contributed by atoms with Crippen molar-refractivity contribution in [3.63, 3.8) is 0 Å². The summed E-state index contributed by atoms with van der Waals surface area (Å²) in [6.45, 7) is 8.16. The molecule has 0 atom stereocenters. The lowest BCUT2D eigenvalue weighted by Crippen LogP contribution is -2.36. The van der Waals surface area contributed by atoms with Crippen molar-refractivity contribution in [2.45, 2.75) is 33.2 Å². The van der Waals surface area contributed by atoms with Gasteiger partial charge < -0.3 is 10.1 Å². The van der Waals surface area contributed by atoms with E-state index >= 15 is 0 Å². The molecule has 0 spiro atoms. The Morgan fingerprint density at radius 2 is 2.00 bits per heavy atom. The number of aryl methyl sites for hydroxylation is 1. The number of hydrogen-bond acceptors (Lipinski definition) is 3. The van der Waals surface area contributed by atoms with Crippen LogP contribution in [-0.4, -0.2) is 24.7 Å². The van der Waals surface area contributed by atoms with Gasteiger partial charge in [-0.05, 0) is 48.9 Å². The van der Waals surface area contributed by atoms with Gasteiger partial charge in [0.15, 0.2) is 0 Å². The van der Waals surface area contributed by atoms with Gasteiger partial charge in [-0.2, -0.15) is 0 Å². The lowest BCUT2D eigenvalue weighted by atomic mass is 9.82. The van der Waals surface area contributed by atoms with Gasteiger partial charge >= 0.3 is 0 Å². The number of hydrogen-bond donors (Lipinski definition) is 1. The third-order valence-electron chi connectivity index (χ3n) is 4.47. The van der Waals surface area contributed by atoms with Gasteiger partial charge in [0.2, 0.25) is 0 Å². The molecule has 0 saturated carbocycles. The highest BCUT2D eigenvalue weighted by molar-refractivity contribution is 5.79. The van der Waals surface area contributed by atoms with Gasteiger partial charge in [0.25, 0.3) is 0 Å². The average molecular weight is 284 g/mol. The van der Waals surface area contributed by atoms with Crippen molar-refractivity contribution in [1.29, 1.82) is 0 Å². The van der Waals surface area contributed by atoms with Gasteiger partial charge in [0.1, 0.15) is 0 Å². The fraction of sp³-hybridized carbons (Fsp3) is 0.500. The van der Waals surface area contributed by atoms with E-state index in [2.05, 4.69) is 47.6 Å². The lowest BCUT2D eigenvalue weighted by molar-refractivity contribution is 0.0240. The molecule has 0 aliphatic carbocycles. The van der Waals surface area contributed by atoms with Crippen molar-refractivity contribution in [2.24, 2.45) is 5.41 Å². The van der Waals surface area contributed by atoms with Crippen LogP contribution in [0.5, 0.6) is 0 Å². The molecular weight excluding hydrogens is 260 g/mol. The summed E-state index contributed by atoms with van der Waals surface area (Å²) in [5, 5.41) is 4.83. The Bertz CT molecular complexity index is 618. The van der Waals surface area contributed by atoms with E-state index in [1.807, 2.05) is 6.92 Å². The van der Waals surface area contributed by atoms with Crippen LogP contribution in [0.25, 0.3) is 10.9 Å². The van der Waals surface area contributed by atoms with Crippen molar-refractivity contribution in [3.05, 3.63) is 41.6 Å². The first-order chi connectivity index (χ1) is 10.1. The zero-order valence-electron chi connectivity index (χ0n) is 13.0. The molecule has 1 saturated heterocycles. The van der Waals surface area contributed by atoms with Crippen LogP contribution in [0.1, 0.15) is 31.0 Å². The third kappa shape index (κ3) is 3.60. The summed E-state index contributed by atoms with van der Waals surface area (Å²) in [5.41, 5.74) is 3.85. The Morgan fingerprint density at radius 1 is 1.19 bits per heavy atom. The Kier molecular flexibility index (Phi) is 4.22. The van der Waals surface area contributed by atoms with Gasteiger partial charge in [-0.15, -0.1) is 0 Å². The largest absolute Gasteiger partial charge is 0.381 e. The van der Waals surface area contributed by atoms with Gasteiger partial charge in [-0.25, -0.2) is 0 Å². The summed E-state index contributed by atoms with van der Waals surface area (Å²) in [4.78, 5) is 4.55. The minimum absolute atomic E-state index is 0.383. The molecule has 1 aliphatic heterocycles. The van der Waals surface area contributed by atoms with E-state index in [4.69, 9.17) is 4.74 Å². The number of pyridine rings is 1. The fourth-order valence-corrected chi connectivity index (χ4v) is 2.94. The lowest BCUT2D eigenvalue weighted by Gasteiger charge is -2.33. The van der Waals surface area contributed by atoms with E-state index in [1.54, 1.807) is 0 Å². The Labute approximate surface area is 126 Å². The highest BCUT2D eigenvalue weighted by atomic mass is 16.5. The van der Waals surface area contributed by atoms with Crippen molar-refractivity contribution < 1.29 is 4.74 Å². The standard InChI is InChI=1S/C18H24N2O/c1-14-3-5-16-11-15(4-6-17(16)20-14)12-19-13-18(2)7-9-21-10-8-18/h3-6,11,19H,7-10,12-13H2,1-2H3. The number of ether oxygens (including phenoxy) is 1. The van der Waals surface area contributed by atoms with Gasteiger partial charge in [-0.1, -0.05) is 19.1 Å². The molecule has 3 rings (SSSR count). The van der Waals surface area contributed by atoms with Gasteiger partial charge in [-0.3, -0.25) is 4.98 Å². The van der Waals surface area contributed by atoms with Crippen molar-refractivity contribution in [2.75, 3.05) is 19.8 Å². The Morgan fingerprint density at radius 3 is 2.81 bits per heavy atom. The molecule has 21 heavy (non-hydrogen) atoms. The van der Waals surface area contributed by atoms with Crippen LogP contribution < -0.4 is 5.32 Å². The Balaban J connectivity index is 1.61. The molecule has 1 aromatic carbocycles. The maximum atomic E-state index is 5.45. The Hall–Kier alpha value is -1.45. The first-order valence-corrected chi connectivity index (χ1v) is 7.79. The zero-order chi connectivity index (χ0) is 14.7. The summed E-state index contributed by atoms with van der Waals surface area (Å²) >= 11 is 0. The van der Waals surface area contributed by atoms with Crippen LogP contribution in [0.4, 0.5) is 0 Å². The second kappa shape index (κ2) is 6.12. The van der Waals surface area contributed by atoms with Crippen molar-refractivity contribution >= 4 is 10.9 Å². The van der Waals surface area contributed by atoms with Crippen LogP contribution in [-0.2, 0) is 11.3 Å². The summed E-state index contributed by atoms with van der Waals surface area (Å²) in [7, 11) is 0. The molecule has 0 bridgehead atoms. The summed E-state index contributed by atoms with van der Waals surface area (Å²) in [6.07, 6.45) is 2.31. The molecule has 0 unspecified atom stereocenters. The smallest absolute Gasteiger partial charge is 0.0705 e. The van der Waals surface area contributed by atoms with Crippen LogP contribution in [0.2, 0.25) is 0 Å². The van der Waals surface area contributed by atoms with Crippen molar-refractivity contribution in [3.8, 4) is 0 Å². The summed E-state index contributed by atoms with van der Waals surface area (Å²) in [6, 6.07) is 10.8. The SMILES string of the molecule is Cc1ccc2cc(CNCC3(C)CCOCC3)ccc2n1. The molecule has 1 fully saturated rings. The van der Waals surface area contributed by atoms with Crippen LogP contribution in [0.15, 0.2) is 30.3 Å². The fourth-order valence-electron chi connectivity index (χ4n) is 2.94. The number of nitrogens with one attached hydrogen (secondary N) is 1. The predicted molar refractivity (Wildman–Crippen MR) is 86.3 cm³/mol. The third-order valence-corrected chi connectivity index (χ3v) is 4.47. The van der Waals surface area contributed by atoms with Crippen LogP contribution in [0.3, 0.4) is 0 Å². The van der Waals surface area contributed by atoms with E-state index in [0.29, 0.717) is 5.41 Å². The zero-order valence-corrected chi connectivity index (χ0v) is 13.0. The van der Waals surface area contributed by atoms with E-state index in [9.17, 15) is 0 Å². The molecule has 0 radical (unpaired) electrons. The molecular formula is C18H24N2O. The average Bonchev–Trinajstić information content (AvgIpc) is 2.48. The first kappa shape index (κ1) is 14.5. The van der Waals surface area contributed by atoms with Gasteiger partial charge in [0, 0.05) is 37.4 Å². The molecule has 2 aromatic rings. The number of nitrogens with zero attached hydrogens (tertiary/aromatic N) is 1. The molecule has 1 N–H and O–H groups in total. The number of aromatic nitrogens is 1. The first-order valence-electron chi connectivity index (χ1n) is 7.79. The van der Waals surface area contributed by atoms with E-state index in [1.165, 1.54) is 10.9 Å². The highest BCUT2D eigenvalue weighted by Crippen LogP contribution is 2.28. The number of fused-ring (bicyclic) bond motifs is 1. The van der Waals surface area contributed by atoms with Crippen LogP contribution in [0, 0.1) is 12.3 Å². The van der Waals surface area contributed by atoms with E-state index in [0.717, 1.165) is 50.4 Å². The number of benzene rings is 1. The second-order valence-electron chi connectivity index (χ2n) is 6.51. The summed E-state index contributed by atoms with van der Waals surface area (Å²) in [5.74, 6) is 0. The maximum Gasteiger partial charge on any atom is 0.0705 e. The monoisotopic (exact) mass is 284 g/mol. The normalized spacial score (nSPS) is 18.0. The highest BCUT2D eigenvalue weighted by Gasteiger charge is 2.26. The minimum Gasteiger partial charge on any atom is -0.381 e. The molecule has 1 aromatic heterocycles. The molecule has 2 heterocycles.